The summed E-state index contributed by atoms with van der Waals surface area (Å²) in [7, 11) is 0. The molecular weight excluding hydrogens is 194 g/mol. The highest BCUT2D eigenvalue weighted by atomic mass is 32.1. The first-order valence-electron chi connectivity index (χ1n) is 4.66. The van der Waals surface area contributed by atoms with Crippen molar-refractivity contribution in [2.45, 2.75) is 13.5 Å². The van der Waals surface area contributed by atoms with Crippen LogP contribution in [-0.2, 0) is 6.54 Å². The summed E-state index contributed by atoms with van der Waals surface area (Å²) in [5.41, 5.74) is 1.19. The molecule has 4 heteroatoms. The van der Waals surface area contributed by atoms with Crippen molar-refractivity contribution >= 4 is 11.3 Å². The zero-order valence-electron chi connectivity index (χ0n) is 8.10. The summed E-state index contributed by atoms with van der Waals surface area (Å²) in [5, 5.41) is 5.46. The first kappa shape index (κ1) is 9.43. The molecule has 0 aliphatic carbocycles. The van der Waals surface area contributed by atoms with Crippen LogP contribution in [0.1, 0.15) is 11.8 Å². The highest BCUT2D eigenvalue weighted by molar-refractivity contribution is 7.10. The summed E-state index contributed by atoms with van der Waals surface area (Å²) >= 11 is 1.78. The number of nitrogens with one attached hydrogen (secondary N) is 1. The van der Waals surface area contributed by atoms with Gasteiger partial charge in [-0.1, -0.05) is 6.92 Å². The lowest BCUT2D eigenvalue weighted by Gasteiger charge is -1.97. The molecule has 2 aromatic heterocycles. The van der Waals surface area contributed by atoms with Crippen molar-refractivity contribution in [1.29, 1.82) is 0 Å². The lowest BCUT2D eigenvalue weighted by Crippen LogP contribution is -2.10. The molecule has 0 aliphatic heterocycles. The van der Waals surface area contributed by atoms with Crippen molar-refractivity contribution in [2.24, 2.45) is 0 Å². The van der Waals surface area contributed by atoms with E-state index in [-0.39, 0.29) is 0 Å². The monoisotopic (exact) mass is 207 g/mol. The van der Waals surface area contributed by atoms with Crippen LogP contribution in [0.4, 0.5) is 0 Å². The molecule has 0 aromatic carbocycles. The minimum absolute atomic E-state index is 0.954. The Morgan fingerprint density at radius 2 is 2.50 bits per heavy atom. The van der Waals surface area contributed by atoms with Crippen molar-refractivity contribution < 1.29 is 0 Å². The van der Waals surface area contributed by atoms with Crippen LogP contribution in [0.2, 0.25) is 0 Å². The Morgan fingerprint density at radius 1 is 1.57 bits per heavy atom. The van der Waals surface area contributed by atoms with Gasteiger partial charge in [0.2, 0.25) is 0 Å². The van der Waals surface area contributed by atoms with E-state index in [0.29, 0.717) is 0 Å². The van der Waals surface area contributed by atoms with E-state index in [0.717, 1.165) is 13.1 Å². The minimum atomic E-state index is 0.954. The lowest BCUT2D eigenvalue weighted by molar-refractivity contribution is 0.735. The molecule has 3 nitrogen and oxygen atoms in total. The van der Waals surface area contributed by atoms with E-state index < -0.39 is 0 Å². The highest BCUT2D eigenvalue weighted by Gasteiger charge is 2.00. The Hall–Kier alpha value is -1.13. The molecule has 0 saturated heterocycles. The summed E-state index contributed by atoms with van der Waals surface area (Å²) in [6, 6.07) is 2.19. The second-order valence-corrected chi connectivity index (χ2v) is 4.02. The summed E-state index contributed by atoms with van der Waals surface area (Å²) in [4.78, 5) is 5.38. The second kappa shape index (κ2) is 4.39. The Labute approximate surface area is 87.4 Å². The largest absolute Gasteiger partial charge is 0.312 e. The van der Waals surface area contributed by atoms with Crippen LogP contribution in [0.15, 0.2) is 30.2 Å². The van der Waals surface area contributed by atoms with E-state index >= 15 is 0 Å². The van der Waals surface area contributed by atoms with Gasteiger partial charge in [-0.05, 0) is 12.6 Å². The fourth-order valence-corrected chi connectivity index (χ4v) is 2.09. The predicted octanol–water partition coefficient (Wildman–Crippen LogP) is 2.04. The number of aromatic nitrogens is 2. The molecule has 14 heavy (non-hydrogen) atoms. The molecule has 2 heterocycles. The van der Waals surface area contributed by atoms with Crippen LogP contribution in [-0.4, -0.2) is 16.1 Å². The molecule has 0 saturated carbocycles. The number of hydrogen-bond donors (Lipinski definition) is 1. The Bertz CT molecular complexity index is 378. The molecule has 2 aromatic rings. The third-order valence-corrected chi connectivity index (χ3v) is 2.92. The quantitative estimate of drug-likeness (QED) is 0.831. The van der Waals surface area contributed by atoms with E-state index in [9.17, 15) is 0 Å². The molecule has 0 aliphatic rings. The highest BCUT2D eigenvalue weighted by Crippen LogP contribution is 2.17. The molecule has 0 bridgehead atoms. The molecular formula is C10H13N3S. The van der Waals surface area contributed by atoms with Crippen LogP contribution in [0, 0.1) is 0 Å². The molecule has 0 amide bonds. The predicted molar refractivity (Wildman–Crippen MR) is 58.8 cm³/mol. The standard InChI is InChI=1S/C10H13N3S/c1-2-11-6-10-5-9(7-14-10)13-4-3-12-8-13/h3-5,7-8,11H,2,6H2,1H3. The van der Waals surface area contributed by atoms with Crippen molar-refractivity contribution in [3.8, 4) is 5.69 Å². The van der Waals surface area contributed by atoms with Crippen LogP contribution in [0.5, 0.6) is 0 Å². The van der Waals surface area contributed by atoms with E-state index in [1.165, 1.54) is 10.6 Å². The third-order valence-electron chi connectivity index (χ3n) is 1.99. The summed E-state index contributed by atoms with van der Waals surface area (Å²) < 4.78 is 2.02. The Balaban J connectivity index is 2.10. The van der Waals surface area contributed by atoms with Crippen LogP contribution in [0.25, 0.3) is 5.69 Å². The summed E-state index contributed by atoms with van der Waals surface area (Å²) in [6.45, 7) is 4.08. The Morgan fingerprint density at radius 3 is 3.21 bits per heavy atom. The first-order valence-corrected chi connectivity index (χ1v) is 5.54. The maximum absolute atomic E-state index is 4.02. The molecule has 2 rings (SSSR count). The third kappa shape index (κ3) is 2.02. The fourth-order valence-electron chi connectivity index (χ4n) is 1.26. The van der Waals surface area contributed by atoms with Gasteiger partial charge in [-0.3, -0.25) is 0 Å². The van der Waals surface area contributed by atoms with Gasteiger partial charge in [0.25, 0.3) is 0 Å². The number of hydrogen-bond acceptors (Lipinski definition) is 3. The van der Waals surface area contributed by atoms with Crippen LogP contribution < -0.4 is 5.32 Å². The SMILES string of the molecule is CCNCc1cc(-n2ccnc2)cs1. The molecule has 0 radical (unpaired) electrons. The average molecular weight is 207 g/mol. The normalized spacial score (nSPS) is 10.6. The van der Waals surface area contributed by atoms with Gasteiger partial charge < -0.3 is 9.88 Å². The first-order chi connectivity index (χ1) is 6.90. The summed E-state index contributed by atoms with van der Waals surface area (Å²) in [5.74, 6) is 0. The maximum atomic E-state index is 4.02. The maximum Gasteiger partial charge on any atom is 0.0991 e. The lowest BCUT2D eigenvalue weighted by atomic mass is 10.4. The van der Waals surface area contributed by atoms with E-state index in [2.05, 4.69) is 28.7 Å². The molecule has 0 fully saturated rings. The van der Waals surface area contributed by atoms with Gasteiger partial charge in [0.05, 0.1) is 12.0 Å². The number of thiophene rings is 1. The molecule has 0 unspecified atom stereocenters. The molecule has 0 spiro atoms. The van der Waals surface area contributed by atoms with Gasteiger partial charge >= 0.3 is 0 Å². The van der Waals surface area contributed by atoms with Crippen molar-refractivity contribution in [3.05, 3.63) is 35.0 Å². The number of rotatable bonds is 4. The number of imidazole rings is 1. The van der Waals surface area contributed by atoms with E-state index in [1.807, 2.05) is 17.1 Å². The summed E-state index contributed by atoms with van der Waals surface area (Å²) in [6.07, 6.45) is 5.57. The Kier molecular flexibility index (Phi) is 2.96. The van der Waals surface area contributed by atoms with Gasteiger partial charge in [-0.2, -0.15) is 0 Å². The second-order valence-electron chi connectivity index (χ2n) is 3.02. The smallest absolute Gasteiger partial charge is 0.0991 e. The van der Waals surface area contributed by atoms with E-state index in [1.54, 1.807) is 17.5 Å². The average Bonchev–Trinajstić information content (AvgIpc) is 2.85. The van der Waals surface area contributed by atoms with Gasteiger partial charge in [0.15, 0.2) is 0 Å². The van der Waals surface area contributed by atoms with Gasteiger partial charge in [0, 0.05) is 29.2 Å². The molecule has 1 N–H and O–H groups in total. The van der Waals surface area contributed by atoms with E-state index in [4.69, 9.17) is 0 Å². The van der Waals surface area contributed by atoms with Gasteiger partial charge in [-0.25, -0.2) is 4.98 Å². The van der Waals surface area contributed by atoms with Gasteiger partial charge in [0.1, 0.15) is 0 Å². The van der Waals surface area contributed by atoms with Crippen LogP contribution >= 0.6 is 11.3 Å². The number of nitrogens with zero attached hydrogens (tertiary/aromatic N) is 2. The minimum Gasteiger partial charge on any atom is -0.312 e. The van der Waals surface area contributed by atoms with Crippen molar-refractivity contribution in [1.82, 2.24) is 14.9 Å². The van der Waals surface area contributed by atoms with Gasteiger partial charge in [-0.15, -0.1) is 11.3 Å². The molecule has 0 atom stereocenters. The van der Waals surface area contributed by atoms with Crippen LogP contribution in [0.3, 0.4) is 0 Å². The van der Waals surface area contributed by atoms with Crippen molar-refractivity contribution in [2.75, 3.05) is 6.54 Å². The zero-order chi connectivity index (χ0) is 9.80. The zero-order valence-corrected chi connectivity index (χ0v) is 8.92. The molecule has 74 valence electrons. The topological polar surface area (TPSA) is 29.9 Å². The fraction of sp³-hybridized carbons (Fsp3) is 0.300. The van der Waals surface area contributed by atoms with Crippen molar-refractivity contribution in [3.63, 3.8) is 0 Å².